The van der Waals surface area contributed by atoms with Gasteiger partial charge < -0.3 is 9.47 Å². The van der Waals surface area contributed by atoms with E-state index < -0.39 is 16.0 Å². The fraction of sp³-hybridized carbons (Fsp3) is 0.900. The van der Waals surface area contributed by atoms with Crippen molar-refractivity contribution in [1.82, 2.24) is 4.31 Å². The number of hydrogen-bond acceptors (Lipinski definition) is 5. The molecule has 0 aliphatic rings. The van der Waals surface area contributed by atoms with E-state index in [9.17, 15) is 13.2 Å². The minimum absolute atomic E-state index is 0.0597. The molecule has 0 bridgehead atoms. The SMILES string of the molecule is CCOCCS(=O)(=O)N(CC)CCC(=O)OC. The second-order valence-electron chi connectivity index (χ2n) is 3.33. The van der Waals surface area contributed by atoms with Gasteiger partial charge in [0.2, 0.25) is 10.0 Å². The van der Waals surface area contributed by atoms with E-state index >= 15 is 0 Å². The minimum atomic E-state index is -3.35. The lowest BCUT2D eigenvalue weighted by Crippen LogP contribution is -2.36. The van der Waals surface area contributed by atoms with Crippen molar-refractivity contribution in [2.75, 3.05) is 39.2 Å². The summed E-state index contributed by atoms with van der Waals surface area (Å²) in [5, 5.41) is 0. The van der Waals surface area contributed by atoms with Gasteiger partial charge in [-0.05, 0) is 6.92 Å². The van der Waals surface area contributed by atoms with E-state index in [0.29, 0.717) is 13.2 Å². The molecule has 0 aromatic heterocycles. The van der Waals surface area contributed by atoms with Gasteiger partial charge in [0.25, 0.3) is 0 Å². The summed E-state index contributed by atoms with van der Waals surface area (Å²) >= 11 is 0. The molecule has 0 saturated carbocycles. The Labute approximate surface area is 103 Å². The van der Waals surface area contributed by atoms with E-state index in [1.807, 2.05) is 6.92 Å². The third kappa shape index (κ3) is 6.60. The summed E-state index contributed by atoms with van der Waals surface area (Å²) in [5.74, 6) is -0.473. The van der Waals surface area contributed by atoms with Crippen molar-refractivity contribution < 1.29 is 22.7 Å². The molecule has 0 amide bonds. The van der Waals surface area contributed by atoms with Gasteiger partial charge in [-0.1, -0.05) is 6.92 Å². The Morgan fingerprint density at radius 3 is 2.41 bits per heavy atom. The van der Waals surface area contributed by atoms with Crippen LogP contribution < -0.4 is 0 Å². The highest BCUT2D eigenvalue weighted by atomic mass is 32.2. The number of carbonyl (C=O) groups excluding carboxylic acids is 1. The summed E-state index contributed by atoms with van der Waals surface area (Å²) in [6, 6.07) is 0. The van der Waals surface area contributed by atoms with Gasteiger partial charge in [-0.3, -0.25) is 4.79 Å². The molecule has 0 fully saturated rings. The van der Waals surface area contributed by atoms with Crippen LogP contribution in [0.2, 0.25) is 0 Å². The molecule has 0 aliphatic heterocycles. The first-order valence-electron chi connectivity index (χ1n) is 5.60. The van der Waals surface area contributed by atoms with Crippen molar-refractivity contribution in [2.24, 2.45) is 0 Å². The molecule has 102 valence electrons. The number of esters is 1. The van der Waals surface area contributed by atoms with Crippen LogP contribution in [0, 0.1) is 0 Å². The number of sulfonamides is 1. The first-order chi connectivity index (χ1) is 7.97. The molecular weight excluding hydrogens is 246 g/mol. The summed E-state index contributed by atoms with van der Waals surface area (Å²) in [5.41, 5.74) is 0. The highest BCUT2D eigenvalue weighted by Gasteiger charge is 2.20. The van der Waals surface area contributed by atoms with E-state index in [1.54, 1.807) is 6.92 Å². The van der Waals surface area contributed by atoms with E-state index in [4.69, 9.17) is 4.74 Å². The zero-order valence-corrected chi connectivity index (χ0v) is 11.5. The normalized spacial score (nSPS) is 11.8. The number of nitrogens with zero attached hydrogens (tertiary/aromatic N) is 1. The lowest BCUT2D eigenvalue weighted by atomic mass is 10.4. The zero-order valence-electron chi connectivity index (χ0n) is 10.6. The van der Waals surface area contributed by atoms with Crippen LogP contribution in [0.25, 0.3) is 0 Å². The molecule has 0 aliphatic carbocycles. The third-order valence-corrected chi connectivity index (χ3v) is 4.14. The van der Waals surface area contributed by atoms with Crippen molar-refractivity contribution in [2.45, 2.75) is 20.3 Å². The molecule has 0 saturated heterocycles. The van der Waals surface area contributed by atoms with Crippen molar-refractivity contribution in [3.8, 4) is 0 Å². The Morgan fingerprint density at radius 2 is 1.94 bits per heavy atom. The summed E-state index contributed by atoms with van der Waals surface area (Å²) in [4.78, 5) is 11.0. The zero-order chi connectivity index (χ0) is 13.3. The molecule has 7 heteroatoms. The third-order valence-electron chi connectivity index (χ3n) is 2.23. The average molecular weight is 267 g/mol. The van der Waals surface area contributed by atoms with Gasteiger partial charge in [0.05, 0.1) is 25.9 Å². The first-order valence-corrected chi connectivity index (χ1v) is 7.21. The highest BCUT2D eigenvalue weighted by molar-refractivity contribution is 7.89. The Balaban J connectivity index is 4.27. The maximum Gasteiger partial charge on any atom is 0.306 e. The largest absolute Gasteiger partial charge is 0.469 e. The molecule has 17 heavy (non-hydrogen) atoms. The van der Waals surface area contributed by atoms with Crippen LogP contribution in [0.3, 0.4) is 0 Å². The Morgan fingerprint density at radius 1 is 1.29 bits per heavy atom. The van der Waals surface area contributed by atoms with Gasteiger partial charge in [0.1, 0.15) is 0 Å². The molecule has 0 heterocycles. The predicted molar refractivity (Wildman–Crippen MR) is 64.2 cm³/mol. The monoisotopic (exact) mass is 267 g/mol. The van der Waals surface area contributed by atoms with Gasteiger partial charge in [0.15, 0.2) is 0 Å². The summed E-state index contributed by atoms with van der Waals surface area (Å²) in [6.45, 7) is 4.69. The van der Waals surface area contributed by atoms with E-state index in [0.717, 1.165) is 0 Å². The quantitative estimate of drug-likeness (QED) is 0.442. The molecule has 0 aromatic carbocycles. The van der Waals surface area contributed by atoms with Gasteiger partial charge >= 0.3 is 5.97 Å². The van der Waals surface area contributed by atoms with E-state index in [-0.39, 0.29) is 25.3 Å². The molecule has 6 nitrogen and oxygen atoms in total. The molecule has 0 atom stereocenters. The predicted octanol–water partition coefficient (Wildman–Crippen LogP) is 0.238. The van der Waals surface area contributed by atoms with Crippen LogP contribution in [0.15, 0.2) is 0 Å². The van der Waals surface area contributed by atoms with Crippen molar-refractivity contribution in [3.63, 3.8) is 0 Å². The molecule has 0 unspecified atom stereocenters. The second kappa shape index (κ2) is 8.43. The van der Waals surface area contributed by atoms with E-state index in [2.05, 4.69) is 4.74 Å². The van der Waals surface area contributed by atoms with Crippen molar-refractivity contribution in [1.29, 1.82) is 0 Å². The van der Waals surface area contributed by atoms with Gasteiger partial charge in [-0.15, -0.1) is 0 Å². The minimum Gasteiger partial charge on any atom is -0.469 e. The fourth-order valence-corrected chi connectivity index (χ4v) is 2.60. The van der Waals surface area contributed by atoms with Crippen LogP contribution in [0.1, 0.15) is 20.3 Å². The maximum atomic E-state index is 11.8. The van der Waals surface area contributed by atoms with Gasteiger partial charge in [-0.2, -0.15) is 0 Å². The van der Waals surface area contributed by atoms with Crippen LogP contribution in [-0.4, -0.2) is 57.9 Å². The van der Waals surface area contributed by atoms with Crippen molar-refractivity contribution >= 4 is 16.0 Å². The van der Waals surface area contributed by atoms with Crippen LogP contribution in [0.5, 0.6) is 0 Å². The number of rotatable bonds is 9. The highest BCUT2D eigenvalue weighted by Crippen LogP contribution is 2.03. The molecule has 0 rings (SSSR count). The van der Waals surface area contributed by atoms with Gasteiger partial charge in [0, 0.05) is 19.7 Å². The molecule has 0 spiro atoms. The second-order valence-corrected chi connectivity index (χ2v) is 5.42. The summed E-state index contributed by atoms with van der Waals surface area (Å²) in [6.07, 6.45) is 0.0677. The molecule has 0 radical (unpaired) electrons. The van der Waals surface area contributed by atoms with Crippen LogP contribution in [-0.2, 0) is 24.3 Å². The fourth-order valence-electron chi connectivity index (χ4n) is 1.25. The van der Waals surface area contributed by atoms with Crippen LogP contribution in [0.4, 0.5) is 0 Å². The summed E-state index contributed by atoms with van der Waals surface area (Å²) in [7, 11) is -2.07. The molecule has 0 N–H and O–H groups in total. The standard InChI is InChI=1S/C10H21NO5S/c1-4-11(7-6-10(12)15-3)17(13,14)9-8-16-5-2/h4-9H2,1-3H3. The number of ether oxygens (including phenoxy) is 2. The topological polar surface area (TPSA) is 72.9 Å². The Bertz CT molecular complexity index is 315. The number of hydrogen-bond donors (Lipinski definition) is 0. The van der Waals surface area contributed by atoms with Gasteiger partial charge in [-0.25, -0.2) is 12.7 Å². The maximum absolute atomic E-state index is 11.8. The lowest BCUT2D eigenvalue weighted by Gasteiger charge is -2.19. The molecular formula is C10H21NO5S. The average Bonchev–Trinajstić information content (AvgIpc) is 2.29. The molecule has 0 aromatic rings. The first kappa shape index (κ1) is 16.3. The van der Waals surface area contributed by atoms with Crippen LogP contribution >= 0.6 is 0 Å². The number of methoxy groups -OCH3 is 1. The smallest absolute Gasteiger partial charge is 0.306 e. The summed E-state index contributed by atoms with van der Waals surface area (Å²) < 4.78 is 34.4. The van der Waals surface area contributed by atoms with Crippen molar-refractivity contribution in [3.05, 3.63) is 0 Å². The Hall–Kier alpha value is -0.660. The Kier molecular flexibility index (Phi) is 8.11. The van der Waals surface area contributed by atoms with E-state index in [1.165, 1.54) is 11.4 Å². The number of carbonyl (C=O) groups is 1. The lowest BCUT2D eigenvalue weighted by molar-refractivity contribution is -0.140.